The van der Waals surface area contributed by atoms with Gasteiger partial charge in [-0.15, -0.1) is 0 Å². The molecular formula is C10H9BrN2O2. The number of nitrogens with zero attached hydrogens (tertiary/aromatic N) is 1. The van der Waals surface area contributed by atoms with E-state index in [1.807, 2.05) is 6.07 Å². The van der Waals surface area contributed by atoms with E-state index in [0.717, 1.165) is 11.1 Å². The largest absolute Gasteiger partial charge is 0.503 e. The van der Waals surface area contributed by atoms with E-state index in [9.17, 15) is 5.11 Å². The fraction of sp³-hybridized carbons (Fsp3) is 0.100. The summed E-state index contributed by atoms with van der Waals surface area (Å²) in [6.07, 6.45) is 3.44. The Hall–Kier alpha value is -1.49. The van der Waals surface area contributed by atoms with Crippen LogP contribution in [0, 0.1) is 0 Å². The quantitative estimate of drug-likeness (QED) is 0.880. The van der Waals surface area contributed by atoms with Gasteiger partial charge in [-0.3, -0.25) is 5.10 Å². The number of methoxy groups -OCH3 is 1. The van der Waals surface area contributed by atoms with Crippen LogP contribution in [-0.2, 0) is 0 Å². The molecule has 0 aliphatic rings. The van der Waals surface area contributed by atoms with Crippen LogP contribution in [0.25, 0.3) is 11.1 Å². The second-order valence-corrected chi connectivity index (χ2v) is 3.76. The fourth-order valence-electron chi connectivity index (χ4n) is 1.33. The van der Waals surface area contributed by atoms with Crippen molar-refractivity contribution in [2.45, 2.75) is 0 Å². The van der Waals surface area contributed by atoms with Crippen molar-refractivity contribution in [2.75, 3.05) is 7.11 Å². The lowest BCUT2D eigenvalue weighted by molar-refractivity contribution is 0.372. The molecule has 2 N–H and O–H groups in total. The lowest BCUT2D eigenvalue weighted by Crippen LogP contribution is -1.86. The number of halogens is 1. The van der Waals surface area contributed by atoms with Gasteiger partial charge >= 0.3 is 0 Å². The number of phenolic OH excluding ortho intramolecular Hbond substituents is 1. The number of hydrogen-bond acceptors (Lipinski definition) is 3. The summed E-state index contributed by atoms with van der Waals surface area (Å²) in [4.78, 5) is 0. The highest BCUT2D eigenvalue weighted by Gasteiger charge is 2.12. The number of aromatic nitrogens is 2. The lowest BCUT2D eigenvalue weighted by atomic mass is 10.1. The predicted octanol–water partition coefficient (Wildman–Crippen LogP) is 2.55. The molecule has 2 aromatic rings. The van der Waals surface area contributed by atoms with Crippen LogP contribution in [0.1, 0.15) is 0 Å². The van der Waals surface area contributed by atoms with E-state index in [0.29, 0.717) is 10.2 Å². The molecule has 0 atom stereocenters. The van der Waals surface area contributed by atoms with Crippen molar-refractivity contribution in [1.82, 2.24) is 10.2 Å². The second kappa shape index (κ2) is 3.94. The number of rotatable bonds is 2. The Morgan fingerprint density at radius 2 is 2.27 bits per heavy atom. The molecular weight excluding hydrogens is 260 g/mol. The SMILES string of the molecule is COc1ccc(-c2cn[nH]c2)c(Br)c1O. The standard InChI is InChI=1S/C10H9BrN2O2/c1-15-8-3-2-7(9(11)10(8)14)6-4-12-13-5-6/h2-5,14H,1H3,(H,12,13). The van der Waals surface area contributed by atoms with Gasteiger partial charge in [0.15, 0.2) is 11.5 Å². The van der Waals surface area contributed by atoms with Crippen molar-refractivity contribution in [2.24, 2.45) is 0 Å². The predicted molar refractivity (Wildman–Crippen MR) is 59.9 cm³/mol. The van der Waals surface area contributed by atoms with Crippen LogP contribution < -0.4 is 4.74 Å². The average molecular weight is 269 g/mol. The average Bonchev–Trinajstić information content (AvgIpc) is 2.75. The van der Waals surface area contributed by atoms with Crippen LogP contribution in [0.4, 0.5) is 0 Å². The van der Waals surface area contributed by atoms with Crippen LogP contribution in [-0.4, -0.2) is 22.4 Å². The third-order valence-electron chi connectivity index (χ3n) is 2.11. The summed E-state index contributed by atoms with van der Waals surface area (Å²) in [5, 5.41) is 16.3. The smallest absolute Gasteiger partial charge is 0.172 e. The summed E-state index contributed by atoms with van der Waals surface area (Å²) < 4.78 is 5.59. The number of aromatic amines is 1. The molecule has 4 nitrogen and oxygen atoms in total. The fourth-order valence-corrected chi connectivity index (χ4v) is 1.89. The van der Waals surface area contributed by atoms with Crippen LogP contribution >= 0.6 is 15.9 Å². The van der Waals surface area contributed by atoms with E-state index in [4.69, 9.17) is 4.74 Å². The van der Waals surface area contributed by atoms with E-state index in [-0.39, 0.29) is 5.75 Å². The van der Waals surface area contributed by atoms with Crippen molar-refractivity contribution in [3.63, 3.8) is 0 Å². The summed E-state index contributed by atoms with van der Waals surface area (Å²) >= 11 is 3.32. The molecule has 0 saturated heterocycles. The van der Waals surface area contributed by atoms with Gasteiger partial charge in [-0.25, -0.2) is 0 Å². The molecule has 0 unspecified atom stereocenters. The monoisotopic (exact) mass is 268 g/mol. The van der Waals surface area contributed by atoms with E-state index >= 15 is 0 Å². The summed E-state index contributed by atoms with van der Waals surface area (Å²) in [6.45, 7) is 0. The number of aromatic hydroxyl groups is 1. The van der Waals surface area contributed by atoms with Crippen LogP contribution in [0.2, 0.25) is 0 Å². The van der Waals surface area contributed by atoms with E-state index in [2.05, 4.69) is 26.1 Å². The number of ether oxygens (including phenoxy) is 1. The van der Waals surface area contributed by atoms with Gasteiger partial charge in [0, 0.05) is 17.3 Å². The molecule has 1 aromatic carbocycles. The topological polar surface area (TPSA) is 58.1 Å². The molecule has 0 saturated carbocycles. The number of benzene rings is 1. The molecule has 0 bridgehead atoms. The third-order valence-corrected chi connectivity index (χ3v) is 2.91. The van der Waals surface area contributed by atoms with Crippen LogP contribution in [0.3, 0.4) is 0 Å². The molecule has 15 heavy (non-hydrogen) atoms. The highest BCUT2D eigenvalue weighted by molar-refractivity contribution is 9.10. The molecule has 78 valence electrons. The second-order valence-electron chi connectivity index (χ2n) is 2.96. The third kappa shape index (κ3) is 1.70. The molecule has 0 fully saturated rings. The molecule has 0 amide bonds. The summed E-state index contributed by atoms with van der Waals surface area (Å²) in [5.41, 5.74) is 1.77. The lowest BCUT2D eigenvalue weighted by Gasteiger charge is -2.08. The first-order valence-corrected chi connectivity index (χ1v) is 5.08. The molecule has 0 radical (unpaired) electrons. The number of phenols is 1. The number of nitrogens with one attached hydrogen (secondary N) is 1. The number of hydrogen-bond donors (Lipinski definition) is 2. The molecule has 1 heterocycles. The zero-order chi connectivity index (χ0) is 10.8. The van der Waals surface area contributed by atoms with E-state index in [1.165, 1.54) is 7.11 Å². The minimum absolute atomic E-state index is 0.0937. The van der Waals surface area contributed by atoms with Gasteiger partial charge in [0.2, 0.25) is 0 Å². The zero-order valence-corrected chi connectivity index (χ0v) is 9.58. The molecule has 5 heteroatoms. The molecule has 0 aliphatic heterocycles. The van der Waals surface area contributed by atoms with Crippen molar-refractivity contribution < 1.29 is 9.84 Å². The maximum absolute atomic E-state index is 9.77. The van der Waals surface area contributed by atoms with Gasteiger partial charge < -0.3 is 9.84 Å². The van der Waals surface area contributed by atoms with Gasteiger partial charge in [-0.1, -0.05) is 0 Å². The van der Waals surface area contributed by atoms with Gasteiger partial charge in [0.05, 0.1) is 17.8 Å². The summed E-state index contributed by atoms with van der Waals surface area (Å²) in [7, 11) is 1.51. The molecule has 0 aliphatic carbocycles. The minimum Gasteiger partial charge on any atom is -0.503 e. The summed E-state index contributed by atoms with van der Waals surface area (Å²) in [6, 6.07) is 3.57. The van der Waals surface area contributed by atoms with E-state index in [1.54, 1.807) is 18.5 Å². The first-order chi connectivity index (χ1) is 7.24. The molecule has 0 spiro atoms. The van der Waals surface area contributed by atoms with E-state index < -0.39 is 0 Å². The maximum atomic E-state index is 9.77. The number of H-pyrrole nitrogens is 1. The first kappa shape index (κ1) is 10.0. The van der Waals surface area contributed by atoms with Gasteiger partial charge in [0.25, 0.3) is 0 Å². The first-order valence-electron chi connectivity index (χ1n) is 4.28. The Labute approximate surface area is 95.0 Å². The Morgan fingerprint density at radius 3 is 2.87 bits per heavy atom. The van der Waals surface area contributed by atoms with Crippen LogP contribution in [0.5, 0.6) is 11.5 Å². The Bertz CT molecular complexity index is 469. The molecule has 1 aromatic heterocycles. The van der Waals surface area contributed by atoms with Gasteiger partial charge in [-0.05, 0) is 28.1 Å². The Morgan fingerprint density at radius 1 is 1.47 bits per heavy atom. The minimum atomic E-state index is 0.0937. The zero-order valence-electron chi connectivity index (χ0n) is 7.99. The van der Waals surface area contributed by atoms with Crippen molar-refractivity contribution in [1.29, 1.82) is 0 Å². The highest BCUT2D eigenvalue weighted by atomic mass is 79.9. The van der Waals surface area contributed by atoms with Crippen molar-refractivity contribution >= 4 is 15.9 Å². The normalized spacial score (nSPS) is 10.3. The Kier molecular flexibility index (Phi) is 2.64. The van der Waals surface area contributed by atoms with Crippen molar-refractivity contribution in [3.05, 3.63) is 29.0 Å². The van der Waals surface area contributed by atoms with Crippen molar-refractivity contribution in [3.8, 4) is 22.6 Å². The van der Waals surface area contributed by atoms with Crippen LogP contribution in [0.15, 0.2) is 29.0 Å². The van der Waals surface area contributed by atoms with Gasteiger partial charge in [-0.2, -0.15) is 5.10 Å². The molecule has 2 rings (SSSR count). The van der Waals surface area contributed by atoms with Gasteiger partial charge in [0.1, 0.15) is 0 Å². The Balaban J connectivity index is 2.56. The highest BCUT2D eigenvalue weighted by Crippen LogP contribution is 2.40. The maximum Gasteiger partial charge on any atom is 0.172 e. The summed E-state index contributed by atoms with van der Waals surface area (Å²) in [5.74, 6) is 0.533.